The van der Waals surface area contributed by atoms with Gasteiger partial charge in [0.1, 0.15) is 15.9 Å². The topological polar surface area (TPSA) is 138 Å². The van der Waals surface area contributed by atoms with Gasteiger partial charge in [0.05, 0.1) is 18.1 Å². The lowest BCUT2D eigenvalue weighted by molar-refractivity contribution is -0.139. The molecule has 0 amide bonds. The monoisotopic (exact) mass is 275 g/mol. The van der Waals surface area contributed by atoms with Crippen molar-refractivity contribution >= 4 is 25.8 Å². The number of aliphatic hydroxyl groups excluding tert-OH is 1. The molecule has 0 rings (SSSR count). The van der Waals surface area contributed by atoms with E-state index in [1.54, 1.807) is 4.72 Å². The molecule has 0 heterocycles. The first kappa shape index (κ1) is 15.3. The molecule has 0 saturated heterocycles. The van der Waals surface area contributed by atoms with Crippen molar-refractivity contribution in [3.8, 4) is 0 Å². The zero-order valence-corrected chi connectivity index (χ0v) is 10.1. The summed E-state index contributed by atoms with van der Waals surface area (Å²) >= 11 is 0. The van der Waals surface area contributed by atoms with Crippen LogP contribution in [0.3, 0.4) is 0 Å². The molecule has 0 aromatic rings. The van der Waals surface area contributed by atoms with E-state index < -0.39 is 50.0 Å². The number of rotatable bonds is 7. The lowest BCUT2D eigenvalue weighted by Gasteiger charge is -2.11. The van der Waals surface area contributed by atoms with Gasteiger partial charge in [-0.05, 0) is 0 Å². The van der Waals surface area contributed by atoms with Crippen molar-refractivity contribution in [3.05, 3.63) is 0 Å². The lowest BCUT2D eigenvalue weighted by Crippen LogP contribution is -2.44. The number of hydrogen-bond donors (Lipinski definition) is 3. The van der Waals surface area contributed by atoms with E-state index in [0.717, 1.165) is 6.26 Å². The summed E-state index contributed by atoms with van der Waals surface area (Å²) in [4.78, 5) is 10.4. The molecule has 1 atom stereocenters. The highest BCUT2D eigenvalue weighted by atomic mass is 32.2. The van der Waals surface area contributed by atoms with Crippen molar-refractivity contribution in [1.29, 1.82) is 0 Å². The molecule has 1 unspecified atom stereocenters. The summed E-state index contributed by atoms with van der Waals surface area (Å²) in [6.45, 7) is -0.909. The summed E-state index contributed by atoms with van der Waals surface area (Å²) in [5.41, 5.74) is 0. The number of carboxylic acid groups (broad SMARTS) is 1. The Hall–Kier alpha value is -0.710. The van der Waals surface area contributed by atoms with Gasteiger partial charge in [-0.15, -0.1) is 0 Å². The third-order valence-corrected chi connectivity index (χ3v) is 4.11. The van der Waals surface area contributed by atoms with E-state index in [1.807, 2.05) is 0 Å². The van der Waals surface area contributed by atoms with Crippen molar-refractivity contribution < 1.29 is 31.8 Å². The van der Waals surface area contributed by atoms with Crippen LogP contribution in [0.4, 0.5) is 0 Å². The standard InChI is InChI=1S/C6H13NO7S2/c1-15(11,12)2-3-16(13,14)7-5(4-8)6(9)10/h5,7-8H,2-4H2,1H3,(H,9,10). The number of carboxylic acids is 1. The summed E-state index contributed by atoms with van der Waals surface area (Å²) in [6, 6.07) is -1.66. The Balaban J connectivity index is 4.52. The molecule has 0 aliphatic heterocycles. The Morgan fingerprint density at radius 1 is 1.25 bits per heavy atom. The molecule has 0 aliphatic carbocycles. The van der Waals surface area contributed by atoms with Crippen molar-refractivity contribution in [2.45, 2.75) is 6.04 Å². The third kappa shape index (κ3) is 6.71. The van der Waals surface area contributed by atoms with E-state index in [4.69, 9.17) is 10.2 Å². The number of sulfone groups is 1. The van der Waals surface area contributed by atoms with Crippen LogP contribution in [-0.4, -0.2) is 63.4 Å². The van der Waals surface area contributed by atoms with Crippen LogP contribution >= 0.6 is 0 Å². The van der Waals surface area contributed by atoms with Crippen LogP contribution < -0.4 is 4.72 Å². The molecule has 0 aliphatic rings. The fourth-order valence-corrected chi connectivity index (χ4v) is 3.52. The fourth-order valence-electron chi connectivity index (χ4n) is 0.703. The third-order valence-electron chi connectivity index (χ3n) is 1.53. The van der Waals surface area contributed by atoms with Crippen LogP contribution in [0.5, 0.6) is 0 Å². The number of sulfonamides is 1. The molecule has 10 heteroatoms. The van der Waals surface area contributed by atoms with E-state index in [0.29, 0.717) is 0 Å². The maximum Gasteiger partial charge on any atom is 0.324 e. The summed E-state index contributed by atoms with van der Waals surface area (Å²) in [5, 5.41) is 17.0. The average Bonchev–Trinajstić information content (AvgIpc) is 2.10. The molecule has 0 radical (unpaired) electrons. The van der Waals surface area contributed by atoms with Crippen molar-refractivity contribution in [2.24, 2.45) is 0 Å². The largest absolute Gasteiger partial charge is 0.480 e. The molecular weight excluding hydrogens is 262 g/mol. The Morgan fingerprint density at radius 2 is 1.75 bits per heavy atom. The minimum Gasteiger partial charge on any atom is -0.480 e. The van der Waals surface area contributed by atoms with Crippen molar-refractivity contribution in [1.82, 2.24) is 4.72 Å². The summed E-state index contributed by atoms with van der Waals surface area (Å²) in [5.74, 6) is -2.89. The quantitative estimate of drug-likeness (QED) is 0.463. The molecule has 8 nitrogen and oxygen atoms in total. The van der Waals surface area contributed by atoms with Crippen molar-refractivity contribution in [2.75, 3.05) is 24.4 Å². The minimum absolute atomic E-state index is 0.611. The summed E-state index contributed by atoms with van der Waals surface area (Å²) in [7, 11) is -7.49. The van der Waals surface area contributed by atoms with E-state index in [1.165, 1.54) is 0 Å². The van der Waals surface area contributed by atoms with Gasteiger partial charge in [-0.2, -0.15) is 4.72 Å². The zero-order valence-electron chi connectivity index (χ0n) is 8.45. The molecule has 96 valence electrons. The molecule has 0 aromatic heterocycles. The zero-order chi connectivity index (χ0) is 13.0. The Labute approximate surface area is 93.2 Å². The van der Waals surface area contributed by atoms with Gasteiger partial charge in [0.2, 0.25) is 10.0 Å². The summed E-state index contributed by atoms with van der Waals surface area (Å²) in [6.07, 6.45) is 0.864. The number of aliphatic hydroxyl groups is 1. The maximum atomic E-state index is 11.2. The minimum atomic E-state index is -4.04. The highest BCUT2D eigenvalue weighted by molar-refractivity contribution is 7.93. The first-order valence-corrected chi connectivity index (χ1v) is 7.80. The van der Waals surface area contributed by atoms with E-state index in [-0.39, 0.29) is 0 Å². The van der Waals surface area contributed by atoms with Crippen LogP contribution in [0.1, 0.15) is 0 Å². The molecule has 0 saturated carbocycles. The molecule has 3 N–H and O–H groups in total. The van der Waals surface area contributed by atoms with Gasteiger partial charge >= 0.3 is 5.97 Å². The predicted octanol–water partition coefficient (Wildman–Crippen LogP) is -2.60. The first-order chi connectivity index (χ1) is 7.07. The number of nitrogens with one attached hydrogen (secondary N) is 1. The molecule has 0 spiro atoms. The average molecular weight is 275 g/mol. The maximum absolute atomic E-state index is 11.2. The lowest BCUT2D eigenvalue weighted by atomic mass is 10.3. The molecule has 16 heavy (non-hydrogen) atoms. The van der Waals surface area contributed by atoms with E-state index >= 15 is 0 Å². The second-order valence-electron chi connectivity index (χ2n) is 3.14. The number of carbonyl (C=O) groups is 1. The van der Waals surface area contributed by atoms with Crippen LogP contribution in [0, 0.1) is 0 Å². The van der Waals surface area contributed by atoms with E-state index in [2.05, 4.69) is 0 Å². The highest BCUT2D eigenvalue weighted by Gasteiger charge is 2.23. The summed E-state index contributed by atoms with van der Waals surface area (Å²) < 4.78 is 45.5. The van der Waals surface area contributed by atoms with Gasteiger partial charge in [0.15, 0.2) is 0 Å². The number of hydrogen-bond acceptors (Lipinski definition) is 6. The predicted molar refractivity (Wildman–Crippen MR) is 55.1 cm³/mol. The SMILES string of the molecule is CS(=O)(=O)CCS(=O)(=O)NC(CO)C(=O)O. The second kappa shape index (κ2) is 5.57. The van der Waals surface area contributed by atoms with Crippen LogP contribution in [-0.2, 0) is 24.7 Å². The Morgan fingerprint density at radius 3 is 2.06 bits per heavy atom. The van der Waals surface area contributed by atoms with Gasteiger partial charge in [0.25, 0.3) is 0 Å². The second-order valence-corrected chi connectivity index (χ2v) is 7.27. The van der Waals surface area contributed by atoms with E-state index in [9.17, 15) is 21.6 Å². The van der Waals surface area contributed by atoms with Crippen molar-refractivity contribution in [3.63, 3.8) is 0 Å². The van der Waals surface area contributed by atoms with Crippen LogP contribution in [0.25, 0.3) is 0 Å². The normalized spacial score (nSPS) is 14.6. The molecule has 0 bridgehead atoms. The highest BCUT2D eigenvalue weighted by Crippen LogP contribution is 1.93. The smallest absolute Gasteiger partial charge is 0.324 e. The van der Waals surface area contributed by atoms with Gasteiger partial charge < -0.3 is 10.2 Å². The number of aliphatic carboxylic acids is 1. The Kier molecular flexibility index (Phi) is 5.32. The molecule has 0 fully saturated rings. The van der Waals surface area contributed by atoms with Crippen LogP contribution in [0.15, 0.2) is 0 Å². The van der Waals surface area contributed by atoms with Crippen LogP contribution in [0.2, 0.25) is 0 Å². The van der Waals surface area contributed by atoms with Gasteiger partial charge in [-0.25, -0.2) is 16.8 Å². The fraction of sp³-hybridized carbons (Fsp3) is 0.833. The van der Waals surface area contributed by atoms with Gasteiger partial charge in [-0.3, -0.25) is 4.79 Å². The van der Waals surface area contributed by atoms with Gasteiger partial charge in [-0.1, -0.05) is 0 Å². The van der Waals surface area contributed by atoms with Gasteiger partial charge in [0, 0.05) is 6.26 Å². The first-order valence-electron chi connectivity index (χ1n) is 4.09. The Bertz CT molecular complexity index is 437. The molecular formula is C6H13NO7S2. The molecule has 0 aromatic carbocycles.